The summed E-state index contributed by atoms with van der Waals surface area (Å²) in [6.07, 6.45) is 3.13. The predicted molar refractivity (Wildman–Crippen MR) is 66.5 cm³/mol. The van der Waals surface area contributed by atoms with Crippen LogP contribution in [-0.4, -0.2) is 34.9 Å². The van der Waals surface area contributed by atoms with Gasteiger partial charge in [0, 0.05) is 19.1 Å². The van der Waals surface area contributed by atoms with Crippen LogP contribution in [0.5, 0.6) is 0 Å². The SMILES string of the molecule is CC1CCCN(C(=O)c2ccc(F)cn2)C1CN. The third-order valence-electron chi connectivity index (χ3n) is 3.56. The van der Waals surface area contributed by atoms with Crippen LogP contribution in [0.2, 0.25) is 0 Å². The number of likely N-dealkylation sites (tertiary alicyclic amines) is 1. The highest BCUT2D eigenvalue weighted by Crippen LogP contribution is 2.23. The molecule has 1 amide bonds. The van der Waals surface area contributed by atoms with Crippen LogP contribution in [0.4, 0.5) is 4.39 Å². The molecule has 1 aliphatic heterocycles. The van der Waals surface area contributed by atoms with Gasteiger partial charge in [-0.2, -0.15) is 0 Å². The quantitative estimate of drug-likeness (QED) is 0.864. The first-order chi connectivity index (χ1) is 8.63. The first-order valence-electron chi connectivity index (χ1n) is 6.26. The van der Waals surface area contributed by atoms with E-state index in [2.05, 4.69) is 11.9 Å². The van der Waals surface area contributed by atoms with Crippen LogP contribution in [0.1, 0.15) is 30.3 Å². The minimum Gasteiger partial charge on any atom is -0.333 e. The Morgan fingerprint density at radius 2 is 2.39 bits per heavy atom. The summed E-state index contributed by atoms with van der Waals surface area (Å²) in [5.74, 6) is -0.195. The molecule has 1 aliphatic rings. The highest BCUT2D eigenvalue weighted by molar-refractivity contribution is 5.92. The summed E-state index contributed by atoms with van der Waals surface area (Å²) in [5.41, 5.74) is 6.03. The Bertz CT molecular complexity index is 421. The Morgan fingerprint density at radius 3 is 3.00 bits per heavy atom. The largest absolute Gasteiger partial charge is 0.333 e. The fraction of sp³-hybridized carbons (Fsp3) is 0.538. The van der Waals surface area contributed by atoms with E-state index in [0.29, 0.717) is 19.0 Å². The van der Waals surface area contributed by atoms with Crippen LogP contribution in [-0.2, 0) is 0 Å². The van der Waals surface area contributed by atoms with E-state index in [-0.39, 0.29) is 17.6 Å². The fourth-order valence-corrected chi connectivity index (χ4v) is 2.51. The Morgan fingerprint density at radius 1 is 1.61 bits per heavy atom. The van der Waals surface area contributed by atoms with Gasteiger partial charge in [-0.25, -0.2) is 9.37 Å². The van der Waals surface area contributed by atoms with Crippen LogP contribution in [0, 0.1) is 11.7 Å². The Labute approximate surface area is 106 Å². The summed E-state index contributed by atoms with van der Waals surface area (Å²) in [6, 6.07) is 2.73. The summed E-state index contributed by atoms with van der Waals surface area (Å²) in [5, 5.41) is 0. The summed E-state index contributed by atoms with van der Waals surface area (Å²) in [6.45, 7) is 3.26. The molecule has 0 aromatic carbocycles. The van der Waals surface area contributed by atoms with Crippen molar-refractivity contribution in [3.63, 3.8) is 0 Å². The first-order valence-corrected chi connectivity index (χ1v) is 6.26. The van der Waals surface area contributed by atoms with Gasteiger partial charge in [0.1, 0.15) is 11.5 Å². The zero-order valence-electron chi connectivity index (χ0n) is 10.5. The molecule has 5 heteroatoms. The van der Waals surface area contributed by atoms with E-state index in [1.807, 2.05) is 0 Å². The number of amides is 1. The lowest BCUT2D eigenvalue weighted by molar-refractivity contribution is 0.0526. The van der Waals surface area contributed by atoms with E-state index in [4.69, 9.17) is 5.73 Å². The molecular weight excluding hydrogens is 233 g/mol. The molecule has 18 heavy (non-hydrogen) atoms. The van der Waals surface area contributed by atoms with Gasteiger partial charge in [0.15, 0.2) is 0 Å². The molecule has 0 saturated carbocycles. The topological polar surface area (TPSA) is 59.2 Å². The van der Waals surface area contributed by atoms with Crippen molar-refractivity contribution in [2.75, 3.05) is 13.1 Å². The van der Waals surface area contributed by atoms with Crippen molar-refractivity contribution in [2.24, 2.45) is 11.7 Å². The predicted octanol–water partition coefficient (Wildman–Crippen LogP) is 1.42. The average Bonchev–Trinajstić information content (AvgIpc) is 2.38. The second kappa shape index (κ2) is 5.44. The summed E-state index contributed by atoms with van der Waals surface area (Å²) >= 11 is 0. The number of rotatable bonds is 2. The number of aromatic nitrogens is 1. The van der Waals surface area contributed by atoms with E-state index in [1.165, 1.54) is 12.1 Å². The van der Waals surface area contributed by atoms with Crippen LogP contribution in [0.25, 0.3) is 0 Å². The Balaban J connectivity index is 2.18. The molecule has 2 rings (SSSR count). The highest BCUT2D eigenvalue weighted by Gasteiger charge is 2.31. The van der Waals surface area contributed by atoms with Crippen molar-refractivity contribution in [1.29, 1.82) is 0 Å². The van der Waals surface area contributed by atoms with Gasteiger partial charge < -0.3 is 10.6 Å². The molecule has 1 saturated heterocycles. The molecule has 0 radical (unpaired) electrons. The smallest absolute Gasteiger partial charge is 0.272 e. The number of nitrogens with two attached hydrogens (primary N) is 1. The van der Waals surface area contributed by atoms with Crippen molar-refractivity contribution < 1.29 is 9.18 Å². The van der Waals surface area contributed by atoms with E-state index >= 15 is 0 Å². The fourth-order valence-electron chi connectivity index (χ4n) is 2.51. The van der Waals surface area contributed by atoms with Gasteiger partial charge in [-0.1, -0.05) is 6.92 Å². The Hall–Kier alpha value is -1.49. The molecule has 2 N–H and O–H groups in total. The molecule has 1 fully saturated rings. The van der Waals surface area contributed by atoms with Gasteiger partial charge in [-0.3, -0.25) is 4.79 Å². The molecule has 1 aromatic heterocycles. The van der Waals surface area contributed by atoms with Gasteiger partial charge >= 0.3 is 0 Å². The standard InChI is InChI=1S/C13H18FN3O/c1-9-3-2-6-17(12(9)7-15)13(18)11-5-4-10(14)8-16-11/h4-5,8-9,12H,2-3,6-7,15H2,1H3. The summed E-state index contributed by atoms with van der Waals surface area (Å²) < 4.78 is 12.8. The number of hydrogen-bond acceptors (Lipinski definition) is 3. The molecule has 2 unspecified atom stereocenters. The van der Waals surface area contributed by atoms with Crippen molar-refractivity contribution >= 4 is 5.91 Å². The van der Waals surface area contributed by atoms with Gasteiger partial charge in [0.2, 0.25) is 0 Å². The van der Waals surface area contributed by atoms with Crippen LogP contribution < -0.4 is 5.73 Å². The molecule has 4 nitrogen and oxygen atoms in total. The second-order valence-electron chi connectivity index (χ2n) is 4.78. The molecular formula is C13H18FN3O. The number of nitrogens with zero attached hydrogens (tertiary/aromatic N) is 2. The lowest BCUT2D eigenvalue weighted by atomic mass is 9.90. The van der Waals surface area contributed by atoms with Gasteiger partial charge in [-0.15, -0.1) is 0 Å². The molecule has 98 valence electrons. The summed E-state index contributed by atoms with van der Waals surface area (Å²) in [7, 11) is 0. The van der Waals surface area contributed by atoms with E-state index in [9.17, 15) is 9.18 Å². The van der Waals surface area contributed by atoms with Crippen molar-refractivity contribution in [3.8, 4) is 0 Å². The minimum atomic E-state index is -0.436. The average molecular weight is 251 g/mol. The van der Waals surface area contributed by atoms with E-state index in [0.717, 1.165) is 19.0 Å². The van der Waals surface area contributed by atoms with Gasteiger partial charge in [-0.05, 0) is 30.9 Å². The third kappa shape index (κ3) is 2.51. The van der Waals surface area contributed by atoms with Gasteiger partial charge in [0.25, 0.3) is 5.91 Å². The third-order valence-corrected chi connectivity index (χ3v) is 3.56. The molecule has 1 aromatic rings. The van der Waals surface area contributed by atoms with Crippen molar-refractivity contribution in [2.45, 2.75) is 25.8 Å². The maximum absolute atomic E-state index is 12.8. The number of hydrogen-bond donors (Lipinski definition) is 1. The van der Waals surface area contributed by atoms with E-state index in [1.54, 1.807) is 4.90 Å². The zero-order valence-corrected chi connectivity index (χ0v) is 10.5. The number of halogens is 1. The molecule has 2 atom stereocenters. The number of piperidine rings is 1. The maximum Gasteiger partial charge on any atom is 0.272 e. The monoisotopic (exact) mass is 251 g/mol. The lowest BCUT2D eigenvalue weighted by Crippen LogP contribution is -2.51. The van der Waals surface area contributed by atoms with Crippen molar-refractivity contribution in [3.05, 3.63) is 29.8 Å². The molecule has 0 aliphatic carbocycles. The van der Waals surface area contributed by atoms with Crippen LogP contribution >= 0.6 is 0 Å². The number of carbonyl (C=O) groups is 1. The number of carbonyl (C=O) groups excluding carboxylic acids is 1. The minimum absolute atomic E-state index is 0.0538. The zero-order chi connectivity index (χ0) is 13.1. The molecule has 0 spiro atoms. The van der Waals surface area contributed by atoms with Crippen LogP contribution in [0.15, 0.2) is 18.3 Å². The first kappa shape index (κ1) is 13.0. The molecule has 0 bridgehead atoms. The Kier molecular flexibility index (Phi) is 3.91. The van der Waals surface area contributed by atoms with E-state index < -0.39 is 5.82 Å². The van der Waals surface area contributed by atoms with Gasteiger partial charge in [0.05, 0.1) is 6.20 Å². The normalized spacial score (nSPS) is 24.1. The number of pyridine rings is 1. The van der Waals surface area contributed by atoms with Crippen molar-refractivity contribution in [1.82, 2.24) is 9.88 Å². The summed E-state index contributed by atoms with van der Waals surface area (Å²) in [4.78, 5) is 17.9. The second-order valence-corrected chi connectivity index (χ2v) is 4.78. The lowest BCUT2D eigenvalue weighted by Gasteiger charge is -2.39. The highest BCUT2D eigenvalue weighted by atomic mass is 19.1. The maximum atomic E-state index is 12.8. The van der Waals surface area contributed by atoms with Crippen LogP contribution in [0.3, 0.4) is 0 Å². The molecule has 2 heterocycles.